The Morgan fingerprint density at radius 2 is 2.00 bits per heavy atom. The summed E-state index contributed by atoms with van der Waals surface area (Å²) in [5.41, 5.74) is 2.71. The highest BCUT2D eigenvalue weighted by Gasteiger charge is 2.14. The summed E-state index contributed by atoms with van der Waals surface area (Å²) in [5, 5.41) is 11.8. The van der Waals surface area contributed by atoms with Gasteiger partial charge >= 0.3 is 5.97 Å². The summed E-state index contributed by atoms with van der Waals surface area (Å²) in [6.45, 7) is 2.95. The molecule has 11 nitrogen and oxygen atoms in total. The minimum Gasteiger partial charge on any atom is -0.748 e. The van der Waals surface area contributed by atoms with Crippen molar-refractivity contribution in [1.82, 2.24) is 14.9 Å². The van der Waals surface area contributed by atoms with E-state index in [2.05, 4.69) is 10.3 Å². The van der Waals surface area contributed by atoms with Gasteiger partial charge in [0.2, 0.25) is 11.3 Å². The van der Waals surface area contributed by atoms with Crippen LogP contribution >= 0.6 is 0 Å². The van der Waals surface area contributed by atoms with Crippen LogP contribution in [0.15, 0.2) is 40.8 Å². The summed E-state index contributed by atoms with van der Waals surface area (Å²) in [6.07, 6.45) is 0.369. The molecule has 0 saturated carbocycles. The number of anilines is 1. The topological polar surface area (TPSA) is 156 Å². The van der Waals surface area contributed by atoms with E-state index in [4.69, 9.17) is 9.52 Å². The molecule has 12 heteroatoms. The van der Waals surface area contributed by atoms with E-state index in [-0.39, 0.29) is 18.7 Å². The van der Waals surface area contributed by atoms with E-state index in [1.807, 2.05) is 59.8 Å². The predicted molar refractivity (Wildman–Crippen MR) is 129 cm³/mol. The molecule has 1 heterocycles. The van der Waals surface area contributed by atoms with Crippen LogP contribution in [-0.4, -0.2) is 73.9 Å². The van der Waals surface area contributed by atoms with Crippen molar-refractivity contribution in [2.45, 2.75) is 19.8 Å². The molecule has 0 fully saturated rings. The fourth-order valence-corrected chi connectivity index (χ4v) is 4.08. The second-order valence-corrected chi connectivity index (χ2v) is 9.58. The van der Waals surface area contributed by atoms with Crippen LogP contribution in [0.3, 0.4) is 0 Å². The van der Waals surface area contributed by atoms with Crippen LogP contribution in [0.25, 0.3) is 22.6 Å². The zero-order valence-corrected chi connectivity index (χ0v) is 20.4. The Hall–Kier alpha value is -3.51. The first-order valence-electron chi connectivity index (χ1n) is 11.1. The van der Waals surface area contributed by atoms with Crippen molar-refractivity contribution < 1.29 is 32.1 Å². The largest absolute Gasteiger partial charge is 0.748 e. The first kappa shape index (κ1) is 26.1. The third-order valence-electron chi connectivity index (χ3n) is 5.47. The molecule has 188 valence electrons. The average molecular weight is 505 g/mol. The third kappa shape index (κ3) is 7.49. The van der Waals surface area contributed by atoms with Crippen molar-refractivity contribution in [3.05, 3.63) is 41.8 Å². The molecule has 0 saturated heterocycles. The number of rotatable bonds is 11. The number of carbonyl (C=O) groups excluding carboxylic acids is 1. The van der Waals surface area contributed by atoms with Crippen molar-refractivity contribution in [2.75, 3.05) is 43.9 Å². The van der Waals surface area contributed by atoms with Gasteiger partial charge in [0.15, 0.2) is 17.9 Å². The zero-order chi connectivity index (χ0) is 25.6. The highest BCUT2D eigenvalue weighted by Crippen LogP contribution is 2.27. The Morgan fingerprint density at radius 1 is 1.23 bits per heavy atom. The standard InChI is InChI=1S/C23H28N4O7S/c1-3-27(10-4-12-35(31,32)33)17-6-8-19-21(14-17)34-20-13-16(5-7-18(20)25-19)26(2)11-9-22(28)24-15-23(29)30/h5-8,13-14H,3-4,9-12,15H2,1-2H3,(H2-,24,28,29,30,31,32,33). The maximum absolute atomic E-state index is 11.8. The maximum atomic E-state index is 11.8. The van der Waals surface area contributed by atoms with Gasteiger partial charge in [-0.2, -0.15) is 0 Å². The van der Waals surface area contributed by atoms with E-state index >= 15 is 0 Å². The summed E-state index contributed by atoms with van der Waals surface area (Å²) >= 11 is 0. The normalized spacial score (nSPS) is 12.5. The van der Waals surface area contributed by atoms with Crippen LogP contribution in [0.5, 0.6) is 0 Å². The lowest BCUT2D eigenvalue weighted by Gasteiger charge is -2.23. The molecule has 0 spiro atoms. The molecule has 1 aromatic carbocycles. The second kappa shape index (κ2) is 11.3. The molecular formula is C23H28N4O7S. The molecule has 1 aliphatic carbocycles. The molecule has 1 aromatic rings. The number of nitrogens with one attached hydrogen (secondary N) is 1. The Kier molecular flexibility index (Phi) is 8.41. The number of nitrogens with zero attached hydrogens (tertiary/aromatic N) is 3. The summed E-state index contributed by atoms with van der Waals surface area (Å²) in [4.78, 5) is 29.0. The minimum absolute atomic E-state index is 0.138. The molecule has 35 heavy (non-hydrogen) atoms. The highest BCUT2D eigenvalue weighted by atomic mass is 32.2. The Bertz CT molecular complexity index is 1370. The van der Waals surface area contributed by atoms with Crippen molar-refractivity contribution in [2.24, 2.45) is 0 Å². The van der Waals surface area contributed by atoms with Crippen molar-refractivity contribution in [3.63, 3.8) is 0 Å². The molecule has 2 aliphatic rings. The highest BCUT2D eigenvalue weighted by molar-refractivity contribution is 7.85. The van der Waals surface area contributed by atoms with Crippen LogP contribution in [0, 0.1) is 0 Å². The van der Waals surface area contributed by atoms with Gasteiger partial charge in [-0.05, 0) is 31.5 Å². The number of hydrogen-bond donors (Lipinski definition) is 2. The van der Waals surface area contributed by atoms with E-state index in [0.29, 0.717) is 42.2 Å². The molecule has 0 bridgehead atoms. The lowest BCUT2D eigenvalue weighted by atomic mass is 10.2. The molecule has 0 radical (unpaired) electrons. The number of carboxylic acids is 1. The number of carbonyl (C=O) groups is 2. The number of aliphatic carboxylic acids is 1. The number of amides is 1. The smallest absolute Gasteiger partial charge is 0.322 e. The van der Waals surface area contributed by atoms with Crippen LogP contribution in [0.4, 0.5) is 5.69 Å². The number of carboxylic acid groups (broad SMARTS) is 1. The number of benzene rings is 2. The number of hydrogen-bond acceptors (Lipinski definition) is 8. The first-order valence-corrected chi connectivity index (χ1v) is 12.7. The maximum Gasteiger partial charge on any atom is 0.322 e. The summed E-state index contributed by atoms with van der Waals surface area (Å²) in [6, 6.07) is 11.0. The van der Waals surface area contributed by atoms with Gasteiger partial charge in [-0.15, -0.1) is 0 Å². The van der Waals surface area contributed by atoms with Crippen LogP contribution < -0.4 is 20.1 Å². The summed E-state index contributed by atoms with van der Waals surface area (Å²) in [5.74, 6) is -1.30. The van der Waals surface area contributed by atoms with Gasteiger partial charge < -0.3 is 24.3 Å². The lowest BCUT2D eigenvalue weighted by molar-refractivity contribution is -0.137. The molecule has 0 aromatic heterocycles. The van der Waals surface area contributed by atoms with E-state index in [1.54, 1.807) is 0 Å². The lowest BCUT2D eigenvalue weighted by Crippen LogP contribution is -2.34. The van der Waals surface area contributed by atoms with Gasteiger partial charge in [-0.3, -0.25) is 9.59 Å². The van der Waals surface area contributed by atoms with Gasteiger partial charge in [0.1, 0.15) is 24.8 Å². The van der Waals surface area contributed by atoms with Crippen LogP contribution in [0.2, 0.25) is 0 Å². The molecule has 3 rings (SSSR count). The van der Waals surface area contributed by atoms with Gasteiger partial charge in [0.05, 0.1) is 22.6 Å². The monoisotopic (exact) mass is 504 g/mol. The molecule has 1 amide bonds. The van der Waals surface area contributed by atoms with Gasteiger partial charge in [0, 0.05) is 36.7 Å². The minimum atomic E-state index is -4.25. The fourth-order valence-electron chi connectivity index (χ4n) is 3.60. The molecule has 0 unspecified atom stereocenters. The number of fused-ring (bicyclic) bond motifs is 2. The first-order chi connectivity index (χ1) is 16.6. The molecule has 1 aliphatic heterocycles. The second-order valence-electron chi connectivity index (χ2n) is 8.05. The van der Waals surface area contributed by atoms with Gasteiger partial charge in [-0.1, -0.05) is 0 Å². The molecule has 2 N–H and O–H groups in total. The van der Waals surface area contributed by atoms with E-state index in [0.717, 1.165) is 11.0 Å². The molecular weight excluding hydrogens is 476 g/mol. The van der Waals surface area contributed by atoms with Gasteiger partial charge in [-0.25, -0.2) is 18.0 Å². The van der Waals surface area contributed by atoms with E-state index < -0.39 is 28.4 Å². The van der Waals surface area contributed by atoms with Crippen molar-refractivity contribution >= 4 is 38.8 Å². The SMILES string of the molecule is CCN(CCCS(=O)(=O)[O-])c1ccc2nc3ccc(=[N+](C)CCC(=O)NCC(=O)O)cc-3oc2c1. The van der Waals surface area contributed by atoms with Gasteiger partial charge in [0.25, 0.3) is 0 Å². The fraction of sp³-hybridized carbons (Fsp3) is 0.391. The zero-order valence-electron chi connectivity index (χ0n) is 19.6. The Balaban J connectivity index is 1.83. The third-order valence-corrected chi connectivity index (χ3v) is 6.26. The predicted octanol–water partition coefficient (Wildman–Crippen LogP) is 0.687. The average Bonchev–Trinajstić information content (AvgIpc) is 2.81. The Labute approximate surface area is 202 Å². The van der Waals surface area contributed by atoms with Crippen LogP contribution in [0.1, 0.15) is 19.8 Å². The number of aromatic nitrogens is 1. The van der Waals surface area contributed by atoms with Crippen molar-refractivity contribution in [3.8, 4) is 11.5 Å². The molecule has 0 atom stereocenters. The van der Waals surface area contributed by atoms with Crippen molar-refractivity contribution in [1.29, 1.82) is 0 Å². The Morgan fingerprint density at radius 3 is 2.69 bits per heavy atom. The summed E-state index contributed by atoms with van der Waals surface area (Å²) < 4.78 is 40.7. The van der Waals surface area contributed by atoms with Crippen LogP contribution in [-0.2, 0) is 19.7 Å². The quantitative estimate of drug-likeness (QED) is 0.218. The summed E-state index contributed by atoms with van der Waals surface area (Å²) in [7, 11) is -2.43. The van der Waals surface area contributed by atoms with E-state index in [1.165, 1.54) is 0 Å². The van der Waals surface area contributed by atoms with E-state index in [9.17, 15) is 22.6 Å².